The molecule has 2 rings (SSSR count). The zero-order chi connectivity index (χ0) is 14.6. The predicted molar refractivity (Wildman–Crippen MR) is 59.3 cm³/mol. The molecule has 2 aromatic rings. The summed E-state index contributed by atoms with van der Waals surface area (Å²) in [5.74, 6) is 0. The number of hydrogen-bond donors (Lipinski definition) is 0. The maximum absolute atomic E-state index is 8.49. The van der Waals surface area contributed by atoms with Crippen LogP contribution in [0.25, 0.3) is 10.9 Å². The Hall–Kier alpha value is -1.24. The van der Waals surface area contributed by atoms with Gasteiger partial charge in [-0.25, -0.2) is 18.6 Å². The summed E-state index contributed by atoms with van der Waals surface area (Å²) in [5, 5.41) is 1.36. The van der Waals surface area contributed by atoms with E-state index in [0.29, 0.717) is 0 Å². The van der Waals surface area contributed by atoms with Crippen molar-refractivity contribution in [3.8, 4) is 0 Å². The molecule has 6 heteroatoms. The molecule has 0 aliphatic rings. The van der Waals surface area contributed by atoms with Crippen LogP contribution in [0.2, 0.25) is 0 Å². The quantitative estimate of drug-likeness (QED) is 0.567. The van der Waals surface area contributed by atoms with Crippen LogP contribution in [0.15, 0.2) is 30.3 Å². The molecule has 0 aliphatic heterocycles. The second kappa shape index (κ2) is 6.27. The molecule has 0 fully saturated rings. The third-order valence-corrected chi connectivity index (χ3v) is 2.79. The van der Waals surface area contributed by atoms with Gasteiger partial charge in [-0.3, -0.25) is 0 Å². The van der Waals surface area contributed by atoms with Gasteiger partial charge in [0.05, 0.1) is 0 Å². The number of hydrogen-bond acceptors (Lipinski definition) is 4. The topological polar surface area (TPSA) is 96.1 Å². The number of benzene rings is 1. The largest absolute Gasteiger partial charge is 0.222 e. The Morgan fingerprint density at radius 2 is 1.58 bits per heavy atom. The van der Waals surface area contributed by atoms with E-state index in [9.17, 15) is 0 Å². The Balaban J connectivity index is 0.000000312. The lowest BCUT2D eigenvalue weighted by Gasteiger charge is -2.17. The molecular formula is C13H16ClNO4. The summed E-state index contributed by atoms with van der Waals surface area (Å²) in [7, 11) is -4.94. The summed E-state index contributed by atoms with van der Waals surface area (Å²) in [6.07, 6.45) is 0. The van der Waals surface area contributed by atoms with E-state index in [1.807, 2.05) is 0 Å². The van der Waals surface area contributed by atoms with Crippen LogP contribution < -0.4 is 23.2 Å². The summed E-state index contributed by atoms with van der Waals surface area (Å²) in [5.41, 5.74) is 4.04. The molecule has 1 aromatic heterocycles. The smallest absolute Gasteiger partial charge is 0.212 e. The van der Waals surface area contributed by atoms with E-state index in [4.69, 9.17) is 18.6 Å². The minimum atomic E-state index is -4.94. The lowest BCUT2D eigenvalue weighted by Crippen LogP contribution is -2.68. The molecule has 0 amide bonds. The summed E-state index contributed by atoms with van der Waals surface area (Å²) in [6.45, 7) is 7.57. The molecule has 5 nitrogen and oxygen atoms in total. The van der Waals surface area contributed by atoms with Crippen LogP contribution in [0.3, 0.4) is 0 Å². The van der Waals surface area contributed by atoms with Crippen LogP contribution in [0.5, 0.6) is 0 Å². The summed E-state index contributed by atoms with van der Waals surface area (Å²) >= 11 is 0. The molecule has 0 unspecified atom stereocenters. The van der Waals surface area contributed by atoms with Gasteiger partial charge in [-0.05, 0) is 25.5 Å². The van der Waals surface area contributed by atoms with E-state index >= 15 is 0 Å². The number of pyridine rings is 1. The van der Waals surface area contributed by atoms with Gasteiger partial charge >= 0.3 is 0 Å². The molecule has 19 heavy (non-hydrogen) atoms. The van der Waals surface area contributed by atoms with Crippen molar-refractivity contribution in [1.82, 2.24) is 0 Å². The van der Waals surface area contributed by atoms with Gasteiger partial charge in [-0.1, -0.05) is 12.1 Å². The maximum atomic E-state index is 8.49. The van der Waals surface area contributed by atoms with Crippen molar-refractivity contribution in [2.24, 2.45) is 0 Å². The number of aromatic nitrogens is 1. The normalized spacial score (nSPS) is 11.1. The van der Waals surface area contributed by atoms with Crippen molar-refractivity contribution >= 4 is 10.9 Å². The Kier molecular flexibility index (Phi) is 5.22. The van der Waals surface area contributed by atoms with Gasteiger partial charge in [-0.15, -0.1) is 10.2 Å². The molecule has 0 radical (unpaired) electrons. The number of aryl methyl sites for hydroxylation is 3. The van der Waals surface area contributed by atoms with E-state index in [0.717, 1.165) is 6.54 Å². The molecule has 104 valence electrons. The van der Waals surface area contributed by atoms with E-state index in [1.165, 1.54) is 22.2 Å². The van der Waals surface area contributed by atoms with Crippen LogP contribution in [0.4, 0.5) is 0 Å². The average Bonchev–Trinajstić information content (AvgIpc) is 2.27. The lowest BCUT2D eigenvalue weighted by molar-refractivity contribution is -2.00. The highest BCUT2D eigenvalue weighted by Crippen LogP contribution is 2.15. The Morgan fingerprint density at radius 3 is 2.11 bits per heavy atom. The van der Waals surface area contributed by atoms with Gasteiger partial charge in [0.25, 0.3) is 0 Å². The fourth-order valence-corrected chi connectivity index (χ4v) is 2.12. The summed E-state index contributed by atoms with van der Waals surface area (Å²) < 4.78 is 36.3. The molecule has 0 bridgehead atoms. The van der Waals surface area contributed by atoms with Crippen molar-refractivity contribution in [2.45, 2.75) is 27.3 Å². The molecule has 0 spiro atoms. The number of fused-ring (bicyclic) bond motifs is 1. The SMILES string of the molecule is CC[n+]1c(C)cc(C)c2ccccc21.[O-][Cl+3]([O-])([O-])[O-]. The van der Waals surface area contributed by atoms with E-state index in [1.54, 1.807) is 0 Å². The first-order chi connectivity index (χ1) is 8.74. The van der Waals surface area contributed by atoms with Crippen molar-refractivity contribution in [1.29, 1.82) is 0 Å². The third kappa shape index (κ3) is 4.74. The van der Waals surface area contributed by atoms with E-state index in [2.05, 4.69) is 55.7 Å². The van der Waals surface area contributed by atoms with Gasteiger partial charge in [0.15, 0.2) is 5.69 Å². The first-order valence-electron chi connectivity index (χ1n) is 5.74. The first kappa shape index (κ1) is 15.8. The Morgan fingerprint density at radius 1 is 1.05 bits per heavy atom. The Bertz CT molecular complexity index is 560. The molecule has 0 saturated heterocycles. The number of rotatable bonds is 1. The standard InChI is InChI=1S/C13H16N.ClHO4/c1-4-14-11(3)9-10(2)12-7-5-6-8-13(12)14;2-1(3,4)5/h5-9H,4H2,1-3H3;(H,2,3,4,5)/q+1;/p-1. The van der Waals surface area contributed by atoms with Crippen molar-refractivity contribution in [3.05, 3.63) is 41.6 Å². The fraction of sp³-hybridized carbons (Fsp3) is 0.308. The molecule has 1 aromatic carbocycles. The molecule has 0 atom stereocenters. The van der Waals surface area contributed by atoms with Gasteiger partial charge < -0.3 is 0 Å². The third-order valence-electron chi connectivity index (χ3n) is 2.79. The summed E-state index contributed by atoms with van der Waals surface area (Å²) in [6, 6.07) is 10.8. The minimum Gasteiger partial charge on any atom is -0.222 e. The lowest BCUT2D eigenvalue weighted by atomic mass is 10.1. The van der Waals surface area contributed by atoms with Crippen LogP contribution in [-0.2, 0) is 6.54 Å². The van der Waals surface area contributed by atoms with Crippen LogP contribution in [0, 0.1) is 24.1 Å². The van der Waals surface area contributed by atoms with Gasteiger partial charge in [0, 0.05) is 24.4 Å². The number of halogens is 1. The van der Waals surface area contributed by atoms with Crippen molar-refractivity contribution in [2.75, 3.05) is 0 Å². The highest BCUT2D eigenvalue weighted by molar-refractivity contribution is 5.79. The van der Waals surface area contributed by atoms with Crippen molar-refractivity contribution in [3.63, 3.8) is 0 Å². The highest BCUT2D eigenvalue weighted by atomic mass is 35.7. The monoisotopic (exact) mass is 285 g/mol. The first-order valence-corrected chi connectivity index (χ1v) is 6.98. The Labute approximate surface area is 114 Å². The van der Waals surface area contributed by atoms with E-state index in [-0.39, 0.29) is 0 Å². The van der Waals surface area contributed by atoms with Crippen molar-refractivity contribution < 1.29 is 33.4 Å². The van der Waals surface area contributed by atoms with E-state index < -0.39 is 10.2 Å². The van der Waals surface area contributed by atoms with Crippen LogP contribution in [0.1, 0.15) is 18.2 Å². The average molecular weight is 286 g/mol. The van der Waals surface area contributed by atoms with Crippen LogP contribution >= 0.6 is 0 Å². The zero-order valence-electron chi connectivity index (χ0n) is 11.1. The zero-order valence-corrected chi connectivity index (χ0v) is 11.8. The number of nitrogens with zero attached hydrogens (tertiary/aromatic N) is 1. The van der Waals surface area contributed by atoms with Gasteiger partial charge in [0.2, 0.25) is 5.52 Å². The van der Waals surface area contributed by atoms with Crippen LogP contribution in [-0.4, -0.2) is 0 Å². The number of para-hydroxylation sites is 1. The maximum Gasteiger partial charge on any atom is 0.212 e. The molecule has 0 aliphatic carbocycles. The fourth-order valence-electron chi connectivity index (χ4n) is 2.12. The summed E-state index contributed by atoms with van der Waals surface area (Å²) in [4.78, 5) is 0. The minimum absolute atomic E-state index is 1.03. The second-order valence-electron chi connectivity index (χ2n) is 4.11. The molecular weight excluding hydrogens is 270 g/mol. The van der Waals surface area contributed by atoms with Gasteiger partial charge in [0.1, 0.15) is 6.54 Å². The highest BCUT2D eigenvalue weighted by Gasteiger charge is 2.11. The van der Waals surface area contributed by atoms with Gasteiger partial charge in [-0.2, -0.15) is 4.57 Å². The molecule has 0 N–H and O–H groups in total. The molecule has 0 saturated carbocycles. The second-order valence-corrected chi connectivity index (χ2v) is 4.86. The predicted octanol–water partition coefficient (Wildman–Crippen LogP) is -1.99. The molecule has 1 heterocycles.